The van der Waals surface area contributed by atoms with Gasteiger partial charge in [0, 0.05) is 30.8 Å². The van der Waals surface area contributed by atoms with Crippen molar-refractivity contribution in [1.29, 1.82) is 0 Å². The van der Waals surface area contributed by atoms with Crippen molar-refractivity contribution in [3.63, 3.8) is 0 Å². The summed E-state index contributed by atoms with van der Waals surface area (Å²) in [6.07, 6.45) is 0.295. The minimum atomic E-state index is -0.212. The van der Waals surface area contributed by atoms with Crippen LogP contribution in [0.15, 0.2) is 18.2 Å². The first kappa shape index (κ1) is 17.5. The maximum absolute atomic E-state index is 12.1. The van der Waals surface area contributed by atoms with Crippen molar-refractivity contribution in [1.82, 2.24) is 10.2 Å². The molecule has 1 fully saturated rings. The molecule has 2 amide bonds. The van der Waals surface area contributed by atoms with Crippen LogP contribution in [0.1, 0.15) is 24.9 Å². The minimum Gasteiger partial charge on any atom is -0.497 e. The van der Waals surface area contributed by atoms with Gasteiger partial charge in [0.05, 0.1) is 20.3 Å². The van der Waals surface area contributed by atoms with E-state index in [4.69, 9.17) is 9.47 Å². The molecule has 0 aromatic heterocycles. The Kier molecular flexibility index (Phi) is 6.15. The normalized spacial score (nSPS) is 15.4. The molecular formula is C16H22N2O4S. The maximum Gasteiger partial charge on any atom is 0.281 e. The van der Waals surface area contributed by atoms with E-state index in [0.29, 0.717) is 24.5 Å². The highest BCUT2D eigenvalue weighted by atomic mass is 32.2. The average Bonchev–Trinajstić information content (AvgIpc) is 2.97. The number of methoxy groups -OCH3 is 2. The Balaban J connectivity index is 1.93. The molecule has 1 aromatic carbocycles. The number of amides is 2. The molecule has 1 aliphatic rings. The highest BCUT2D eigenvalue weighted by molar-refractivity contribution is 8.13. The van der Waals surface area contributed by atoms with E-state index in [1.54, 1.807) is 19.1 Å². The van der Waals surface area contributed by atoms with Gasteiger partial charge in [-0.3, -0.25) is 9.59 Å². The Hall–Kier alpha value is -1.89. The number of ether oxygens (including phenoxy) is 2. The lowest BCUT2D eigenvalue weighted by atomic mass is 10.1. The van der Waals surface area contributed by atoms with Crippen LogP contribution in [0.4, 0.5) is 4.79 Å². The molecular weight excluding hydrogens is 316 g/mol. The SMILES string of the molecule is COc1ccc(OC)c(C(C)NC(=O)CCN2CCSC2=O)c1. The van der Waals surface area contributed by atoms with Crippen LogP contribution in [0.5, 0.6) is 11.5 Å². The zero-order valence-electron chi connectivity index (χ0n) is 13.6. The number of benzene rings is 1. The Bertz CT molecular complexity index is 579. The lowest BCUT2D eigenvalue weighted by Crippen LogP contribution is -2.32. The van der Waals surface area contributed by atoms with E-state index >= 15 is 0 Å². The highest BCUT2D eigenvalue weighted by Gasteiger charge is 2.22. The summed E-state index contributed by atoms with van der Waals surface area (Å²) >= 11 is 1.30. The van der Waals surface area contributed by atoms with Crippen molar-refractivity contribution in [3.05, 3.63) is 23.8 Å². The third kappa shape index (κ3) is 4.54. The Morgan fingerprint density at radius 1 is 1.39 bits per heavy atom. The first-order valence-electron chi connectivity index (χ1n) is 7.48. The van der Waals surface area contributed by atoms with Crippen LogP contribution in [0.2, 0.25) is 0 Å². The summed E-state index contributed by atoms with van der Waals surface area (Å²) in [5, 5.41) is 3.00. The summed E-state index contributed by atoms with van der Waals surface area (Å²) in [6, 6.07) is 5.27. The van der Waals surface area contributed by atoms with Crippen molar-refractivity contribution in [2.75, 3.05) is 33.1 Å². The number of nitrogens with one attached hydrogen (secondary N) is 1. The molecule has 2 rings (SSSR count). The van der Waals surface area contributed by atoms with Crippen molar-refractivity contribution in [2.45, 2.75) is 19.4 Å². The van der Waals surface area contributed by atoms with E-state index in [1.807, 2.05) is 25.1 Å². The van der Waals surface area contributed by atoms with Crippen LogP contribution in [-0.2, 0) is 4.79 Å². The molecule has 7 heteroatoms. The fourth-order valence-corrected chi connectivity index (χ4v) is 3.29. The van der Waals surface area contributed by atoms with E-state index in [0.717, 1.165) is 17.9 Å². The quantitative estimate of drug-likeness (QED) is 0.827. The van der Waals surface area contributed by atoms with Gasteiger partial charge in [0.2, 0.25) is 5.91 Å². The number of rotatable bonds is 7. The van der Waals surface area contributed by atoms with Gasteiger partial charge in [-0.1, -0.05) is 11.8 Å². The summed E-state index contributed by atoms with van der Waals surface area (Å²) < 4.78 is 10.6. The number of carbonyl (C=O) groups excluding carboxylic acids is 2. The maximum atomic E-state index is 12.1. The van der Waals surface area contributed by atoms with Gasteiger partial charge >= 0.3 is 0 Å². The highest BCUT2D eigenvalue weighted by Crippen LogP contribution is 2.29. The molecule has 1 heterocycles. The van der Waals surface area contributed by atoms with Crippen molar-refractivity contribution in [2.24, 2.45) is 0 Å². The molecule has 23 heavy (non-hydrogen) atoms. The van der Waals surface area contributed by atoms with Gasteiger partial charge in [0.1, 0.15) is 11.5 Å². The number of nitrogens with zero attached hydrogens (tertiary/aromatic N) is 1. The first-order chi connectivity index (χ1) is 11.0. The second kappa shape index (κ2) is 8.10. The molecule has 1 atom stereocenters. The molecule has 126 valence electrons. The van der Waals surface area contributed by atoms with Crippen LogP contribution in [0.3, 0.4) is 0 Å². The zero-order chi connectivity index (χ0) is 16.8. The van der Waals surface area contributed by atoms with Gasteiger partial charge in [0.25, 0.3) is 5.24 Å². The smallest absolute Gasteiger partial charge is 0.281 e. The lowest BCUT2D eigenvalue weighted by Gasteiger charge is -2.19. The van der Waals surface area contributed by atoms with Gasteiger partial charge in [-0.15, -0.1) is 0 Å². The van der Waals surface area contributed by atoms with Gasteiger partial charge in [-0.05, 0) is 25.1 Å². The number of thioether (sulfide) groups is 1. The van der Waals surface area contributed by atoms with E-state index in [-0.39, 0.29) is 17.2 Å². The fraction of sp³-hybridized carbons (Fsp3) is 0.500. The largest absolute Gasteiger partial charge is 0.497 e. The predicted octanol–water partition coefficient (Wildman–Crippen LogP) is 2.44. The number of hydrogen-bond acceptors (Lipinski definition) is 5. The van der Waals surface area contributed by atoms with Gasteiger partial charge < -0.3 is 19.7 Å². The van der Waals surface area contributed by atoms with Gasteiger partial charge in [-0.2, -0.15) is 0 Å². The van der Waals surface area contributed by atoms with Crippen LogP contribution in [-0.4, -0.2) is 49.1 Å². The predicted molar refractivity (Wildman–Crippen MR) is 90.1 cm³/mol. The van der Waals surface area contributed by atoms with Crippen LogP contribution >= 0.6 is 11.8 Å². The Labute approximate surface area is 140 Å². The lowest BCUT2D eigenvalue weighted by molar-refractivity contribution is -0.121. The van der Waals surface area contributed by atoms with E-state index < -0.39 is 0 Å². The summed E-state index contributed by atoms with van der Waals surface area (Å²) in [4.78, 5) is 25.3. The molecule has 1 N–H and O–H groups in total. The average molecular weight is 338 g/mol. The molecule has 1 unspecified atom stereocenters. The number of hydrogen-bond donors (Lipinski definition) is 1. The fourth-order valence-electron chi connectivity index (χ4n) is 2.43. The molecule has 1 aliphatic heterocycles. The third-order valence-corrected chi connectivity index (χ3v) is 4.63. The summed E-state index contributed by atoms with van der Waals surface area (Å²) in [6.45, 7) is 3.07. The molecule has 0 aliphatic carbocycles. The standard InChI is InChI=1S/C16H22N2O4S/c1-11(13-10-12(21-2)4-5-14(13)22-3)17-15(19)6-7-18-8-9-23-16(18)20/h4-5,10-11H,6-9H2,1-3H3,(H,17,19). The molecule has 1 aromatic rings. The molecule has 0 bridgehead atoms. The molecule has 0 radical (unpaired) electrons. The van der Waals surface area contributed by atoms with Gasteiger partial charge in [-0.25, -0.2) is 0 Å². The van der Waals surface area contributed by atoms with E-state index in [2.05, 4.69) is 5.32 Å². The molecule has 0 spiro atoms. The van der Waals surface area contributed by atoms with Crippen molar-refractivity contribution >= 4 is 22.9 Å². The Morgan fingerprint density at radius 3 is 2.78 bits per heavy atom. The third-order valence-electron chi connectivity index (χ3n) is 3.73. The van der Waals surface area contributed by atoms with Crippen LogP contribution in [0.25, 0.3) is 0 Å². The topological polar surface area (TPSA) is 67.9 Å². The number of carbonyl (C=O) groups is 2. The summed E-state index contributed by atoms with van der Waals surface area (Å²) in [5.41, 5.74) is 0.855. The van der Waals surface area contributed by atoms with E-state index in [9.17, 15) is 9.59 Å². The second-order valence-corrected chi connectivity index (χ2v) is 6.29. The van der Waals surface area contributed by atoms with Crippen molar-refractivity contribution in [3.8, 4) is 11.5 Å². The summed E-state index contributed by atoms with van der Waals surface area (Å²) in [7, 11) is 3.19. The molecule has 6 nitrogen and oxygen atoms in total. The first-order valence-corrected chi connectivity index (χ1v) is 8.46. The molecule has 1 saturated heterocycles. The Morgan fingerprint density at radius 2 is 2.17 bits per heavy atom. The second-order valence-electron chi connectivity index (χ2n) is 5.25. The summed E-state index contributed by atoms with van der Waals surface area (Å²) in [5.74, 6) is 2.12. The molecule has 0 saturated carbocycles. The van der Waals surface area contributed by atoms with Crippen molar-refractivity contribution < 1.29 is 19.1 Å². The van der Waals surface area contributed by atoms with Crippen LogP contribution < -0.4 is 14.8 Å². The monoisotopic (exact) mass is 338 g/mol. The van der Waals surface area contributed by atoms with E-state index in [1.165, 1.54) is 11.8 Å². The minimum absolute atomic E-state index is 0.0558. The van der Waals surface area contributed by atoms with Crippen LogP contribution in [0, 0.1) is 0 Å². The zero-order valence-corrected chi connectivity index (χ0v) is 14.4. The van der Waals surface area contributed by atoms with Gasteiger partial charge in [0.15, 0.2) is 0 Å².